The Morgan fingerprint density at radius 3 is 2.66 bits per heavy atom. The van der Waals surface area contributed by atoms with Crippen molar-refractivity contribution in [3.63, 3.8) is 0 Å². The summed E-state index contributed by atoms with van der Waals surface area (Å²) >= 11 is 0. The molecule has 0 aliphatic rings. The third-order valence-electron chi connectivity index (χ3n) is 4.45. The number of ether oxygens (including phenoxy) is 1. The van der Waals surface area contributed by atoms with Crippen molar-refractivity contribution < 1.29 is 9.13 Å². The molecule has 0 saturated heterocycles. The highest BCUT2D eigenvalue weighted by Gasteiger charge is 2.19. The van der Waals surface area contributed by atoms with Gasteiger partial charge in [-0.25, -0.2) is 9.97 Å². The average molecular weight is 392 g/mol. The second-order valence-electron chi connectivity index (χ2n) is 6.87. The summed E-state index contributed by atoms with van der Waals surface area (Å²) in [6, 6.07) is 5.39. The van der Waals surface area contributed by atoms with Gasteiger partial charge in [-0.3, -0.25) is 4.98 Å². The van der Waals surface area contributed by atoms with Gasteiger partial charge in [0.2, 0.25) is 5.95 Å². The monoisotopic (exact) mass is 392 g/mol. The minimum atomic E-state index is -0.513. The smallest absolute Gasteiger partial charge is 0.318 e. The number of hydrogen-bond acceptors (Lipinski definition) is 6. The predicted octanol–water partition coefficient (Wildman–Crippen LogP) is 3.88. The maximum absolute atomic E-state index is 13.3. The number of aryl methyl sites for hydroxylation is 2. The minimum Gasteiger partial charge on any atom is -0.463 e. The van der Waals surface area contributed by atoms with Crippen LogP contribution in [0.2, 0.25) is 0 Å². The number of halogens is 1. The molecule has 0 fully saturated rings. The quantitative estimate of drug-likeness (QED) is 0.464. The van der Waals surface area contributed by atoms with Crippen LogP contribution in [0.4, 0.5) is 4.39 Å². The first kappa shape index (κ1) is 18.9. The van der Waals surface area contributed by atoms with E-state index in [1.54, 1.807) is 18.5 Å². The lowest BCUT2D eigenvalue weighted by molar-refractivity contribution is 0.292. The molecule has 0 aliphatic heterocycles. The Morgan fingerprint density at radius 2 is 1.93 bits per heavy atom. The van der Waals surface area contributed by atoms with E-state index in [0.29, 0.717) is 36.2 Å². The molecule has 0 atom stereocenters. The average Bonchev–Trinajstić information content (AvgIpc) is 3.07. The topological polar surface area (TPSA) is 78.6 Å². The number of nitrogens with zero attached hydrogens (tertiary/aromatic N) is 6. The Bertz CT molecular complexity index is 1160. The molecule has 0 amide bonds. The zero-order valence-corrected chi connectivity index (χ0v) is 16.6. The van der Waals surface area contributed by atoms with Crippen molar-refractivity contribution in [1.29, 1.82) is 0 Å². The Morgan fingerprint density at radius 1 is 1.07 bits per heavy atom. The standard InChI is InChI=1S/C21H21FN6O/c1-4-7-29-21-25-14(3)18-20(27-21)28(12-15-5-6-17(22)24-10-15)19(26-18)16-8-13(2)9-23-11-16/h5-6,8-11H,4,7,12H2,1-3H3. The number of fused-ring (bicyclic) bond motifs is 1. The van der Waals surface area contributed by atoms with Crippen molar-refractivity contribution in [2.75, 3.05) is 6.61 Å². The number of hydrogen-bond donors (Lipinski definition) is 0. The first-order valence-corrected chi connectivity index (χ1v) is 9.45. The first-order valence-electron chi connectivity index (χ1n) is 9.45. The van der Waals surface area contributed by atoms with Gasteiger partial charge in [0.05, 0.1) is 18.8 Å². The van der Waals surface area contributed by atoms with E-state index in [-0.39, 0.29) is 0 Å². The van der Waals surface area contributed by atoms with E-state index in [2.05, 4.69) is 19.9 Å². The fourth-order valence-electron chi connectivity index (χ4n) is 3.10. The van der Waals surface area contributed by atoms with Gasteiger partial charge in [0, 0.05) is 24.2 Å². The third-order valence-corrected chi connectivity index (χ3v) is 4.45. The summed E-state index contributed by atoms with van der Waals surface area (Å²) in [7, 11) is 0. The van der Waals surface area contributed by atoms with Gasteiger partial charge in [0.1, 0.15) is 11.3 Å². The van der Waals surface area contributed by atoms with E-state index >= 15 is 0 Å². The highest BCUT2D eigenvalue weighted by molar-refractivity contribution is 5.79. The summed E-state index contributed by atoms with van der Waals surface area (Å²) < 4.78 is 20.9. The van der Waals surface area contributed by atoms with Crippen LogP contribution in [0.3, 0.4) is 0 Å². The Labute approximate surface area is 167 Å². The van der Waals surface area contributed by atoms with Crippen molar-refractivity contribution >= 4 is 11.2 Å². The van der Waals surface area contributed by atoms with Gasteiger partial charge in [0.15, 0.2) is 5.65 Å². The molecule has 4 aromatic rings. The molecule has 4 rings (SSSR count). The van der Waals surface area contributed by atoms with Gasteiger partial charge in [-0.05, 0) is 43.5 Å². The fraction of sp³-hybridized carbons (Fsp3) is 0.286. The van der Waals surface area contributed by atoms with Crippen molar-refractivity contribution in [3.8, 4) is 17.4 Å². The van der Waals surface area contributed by atoms with Crippen LogP contribution in [0.1, 0.15) is 30.2 Å². The van der Waals surface area contributed by atoms with Crippen molar-refractivity contribution in [3.05, 3.63) is 59.6 Å². The predicted molar refractivity (Wildman–Crippen MR) is 107 cm³/mol. The number of imidazole rings is 1. The molecular formula is C21H21FN6O. The van der Waals surface area contributed by atoms with Gasteiger partial charge in [-0.2, -0.15) is 14.4 Å². The molecule has 148 valence electrons. The molecule has 29 heavy (non-hydrogen) atoms. The van der Waals surface area contributed by atoms with Crippen molar-refractivity contribution in [2.45, 2.75) is 33.7 Å². The van der Waals surface area contributed by atoms with Crippen LogP contribution < -0.4 is 4.74 Å². The molecule has 0 unspecified atom stereocenters. The Balaban J connectivity index is 1.90. The summed E-state index contributed by atoms with van der Waals surface area (Å²) in [4.78, 5) is 21.9. The van der Waals surface area contributed by atoms with Crippen LogP contribution in [-0.4, -0.2) is 36.1 Å². The fourth-order valence-corrected chi connectivity index (χ4v) is 3.10. The summed E-state index contributed by atoms with van der Waals surface area (Å²) in [6.45, 7) is 6.86. The summed E-state index contributed by atoms with van der Waals surface area (Å²) in [6.07, 6.45) is 5.94. The van der Waals surface area contributed by atoms with Crippen LogP contribution in [0.25, 0.3) is 22.6 Å². The summed E-state index contributed by atoms with van der Waals surface area (Å²) in [5.74, 6) is 0.200. The van der Waals surface area contributed by atoms with Crippen molar-refractivity contribution in [1.82, 2.24) is 29.5 Å². The van der Waals surface area contributed by atoms with E-state index in [0.717, 1.165) is 28.8 Å². The molecule has 0 N–H and O–H groups in total. The lowest BCUT2D eigenvalue weighted by atomic mass is 10.2. The van der Waals surface area contributed by atoms with Crippen LogP contribution in [-0.2, 0) is 6.54 Å². The molecule has 4 aromatic heterocycles. The maximum atomic E-state index is 13.3. The largest absolute Gasteiger partial charge is 0.463 e. The van der Waals surface area contributed by atoms with Gasteiger partial charge >= 0.3 is 6.01 Å². The molecule has 0 radical (unpaired) electrons. The van der Waals surface area contributed by atoms with Crippen LogP contribution >= 0.6 is 0 Å². The van der Waals surface area contributed by atoms with Gasteiger partial charge in [-0.15, -0.1) is 0 Å². The molecule has 7 nitrogen and oxygen atoms in total. The van der Waals surface area contributed by atoms with Gasteiger partial charge in [0.25, 0.3) is 0 Å². The van der Waals surface area contributed by atoms with Crippen LogP contribution in [0, 0.1) is 19.8 Å². The van der Waals surface area contributed by atoms with E-state index in [9.17, 15) is 4.39 Å². The zero-order chi connectivity index (χ0) is 20.4. The minimum absolute atomic E-state index is 0.323. The van der Waals surface area contributed by atoms with Crippen LogP contribution in [0.15, 0.2) is 36.8 Å². The molecular weight excluding hydrogens is 371 g/mol. The van der Waals surface area contributed by atoms with E-state index in [1.807, 2.05) is 31.4 Å². The molecule has 0 aliphatic carbocycles. The molecule has 0 bridgehead atoms. The normalized spacial score (nSPS) is 11.2. The molecule has 0 saturated carbocycles. The number of rotatable bonds is 6. The number of aromatic nitrogens is 6. The second kappa shape index (κ2) is 7.90. The van der Waals surface area contributed by atoms with Gasteiger partial charge < -0.3 is 9.30 Å². The van der Waals surface area contributed by atoms with Crippen LogP contribution in [0.5, 0.6) is 6.01 Å². The maximum Gasteiger partial charge on any atom is 0.318 e. The molecule has 8 heteroatoms. The van der Waals surface area contributed by atoms with Gasteiger partial charge in [-0.1, -0.05) is 13.0 Å². The number of pyridine rings is 2. The summed E-state index contributed by atoms with van der Waals surface area (Å²) in [5.41, 5.74) is 4.82. The Kier molecular flexibility index (Phi) is 5.16. The third kappa shape index (κ3) is 3.91. The SMILES string of the molecule is CCCOc1nc(C)c2nc(-c3cncc(C)c3)n(Cc3ccc(F)nc3)c2n1. The summed E-state index contributed by atoms with van der Waals surface area (Å²) in [5, 5.41) is 0. The highest BCUT2D eigenvalue weighted by atomic mass is 19.1. The zero-order valence-electron chi connectivity index (χ0n) is 16.6. The molecule has 0 aromatic carbocycles. The first-order chi connectivity index (χ1) is 14.0. The highest BCUT2D eigenvalue weighted by Crippen LogP contribution is 2.27. The Hall–Kier alpha value is -3.42. The second-order valence-corrected chi connectivity index (χ2v) is 6.87. The van der Waals surface area contributed by atoms with E-state index in [1.165, 1.54) is 12.3 Å². The lowest BCUT2D eigenvalue weighted by Crippen LogP contribution is -2.06. The molecule has 0 spiro atoms. The van der Waals surface area contributed by atoms with E-state index in [4.69, 9.17) is 9.72 Å². The molecule has 4 heterocycles. The van der Waals surface area contributed by atoms with Crippen molar-refractivity contribution in [2.24, 2.45) is 0 Å². The van der Waals surface area contributed by atoms with E-state index < -0.39 is 5.95 Å². The lowest BCUT2D eigenvalue weighted by Gasteiger charge is -2.10.